The zero-order valence-corrected chi connectivity index (χ0v) is 12.5. The molecule has 0 fully saturated rings. The molecule has 0 aliphatic carbocycles. The van der Waals surface area contributed by atoms with E-state index in [9.17, 15) is 9.59 Å². The summed E-state index contributed by atoms with van der Waals surface area (Å²) in [6, 6.07) is 0. The van der Waals surface area contributed by atoms with Crippen molar-refractivity contribution in [1.82, 2.24) is 10.3 Å². The van der Waals surface area contributed by atoms with Crippen LogP contribution in [-0.2, 0) is 4.74 Å². The Kier molecular flexibility index (Phi) is 5.90. The van der Waals surface area contributed by atoms with Crippen LogP contribution in [-0.4, -0.2) is 40.8 Å². The van der Waals surface area contributed by atoms with Gasteiger partial charge in [0.25, 0.3) is 5.91 Å². The van der Waals surface area contributed by atoms with Crippen molar-refractivity contribution in [2.24, 2.45) is 0 Å². The van der Waals surface area contributed by atoms with E-state index in [0.717, 1.165) is 11.3 Å². The van der Waals surface area contributed by atoms with Crippen molar-refractivity contribution in [3.8, 4) is 0 Å². The SMILES string of the molecule is CC(C)(C)OC(=O)Nc1nc(C(=O)NCCCO)cs1. The van der Waals surface area contributed by atoms with Crippen molar-refractivity contribution < 1.29 is 19.4 Å². The maximum Gasteiger partial charge on any atom is 0.413 e. The van der Waals surface area contributed by atoms with Gasteiger partial charge in [0.1, 0.15) is 11.3 Å². The summed E-state index contributed by atoms with van der Waals surface area (Å²) in [7, 11) is 0. The first-order chi connectivity index (χ1) is 9.31. The molecule has 7 nitrogen and oxygen atoms in total. The summed E-state index contributed by atoms with van der Waals surface area (Å²) in [4.78, 5) is 27.2. The second-order valence-corrected chi connectivity index (χ2v) is 5.86. The second kappa shape index (κ2) is 7.20. The standard InChI is InChI=1S/C12H19N3O4S/c1-12(2,3)19-11(18)15-10-14-8(7-20-10)9(17)13-5-4-6-16/h7,16H,4-6H2,1-3H3,(H,13,17)(H,14,15,18). The van der Waals surface area contributed by atoms with E-state index in [1.165, 1.54) is 0 Å². The average molecular weight is 301 g/mol. The molecule has 20 heavy (non-hydrogen) atoms. The first kappa shape index (κ1) is 16.4. The molecule has 0 aliphatic rings. The van der Waals surface area contributed by atoms with Crippen LogP contribution in [0.15, 0.2) is 5.38 Å². The first-order valence-electron chi connectivity index (χ1n) is 6.16. The van der Waals surface area contributed by atoms with E-state index in [0.29, 0.717) is 18.1 Å². The molecular formula is C12H19N3O4S. The van der Waals surface area contributed by atoms with Crippen LogP contribution in [0, 0.1) is 0 Å². The Balaban J connectivity index is 2.50. The van der Waals surface area contributed by atoms with Crippen LogP contribution in [0.25, 0.3) is 0 Å². The average Bonchev–Trinajstić information content (AvgIpc) is 2.75. The van der Waals surface area contributed by atoms with Crippen LogP contribution in [0.2, 0.25) is 0 Å². The van der Waals surface area contributed by atoms with Crippen molar-refractivity contribution >= 4 is 28.5 Å². The minimum Gasteiger partial charge on any atom is -0.444 e. The summed E-state index contributed by atoms with van der Waals surface area (Å²) in [6.45, 7) is 5.67. The third-order valence-corrected chi connectivity index (χ3v) is 2.72. The number of nitrogens with zero attached hydrogens (tertiary/aromatic N) is 1. The predicted octanol–water partition coefficient (Wildman–Crippen LogP) is 1.60. The van der Waals surface area contributed by atoms with Gasteiger partial charge in [0.05, 0.1) is 0 Å². The summed E-state index contributed by atoms with van der Waals surface area (Å²) < 4.78 is 5.08. The van der Waals surface area contributed by atoms with Crippen LogP contribution < -0.4 is 10.6 Å². The van der Waals surface area contributed by atoms with Crippen molar-refractivity contribution in [1.29, 1.82) is 0 Å². The number of aliphatic hydroxyl groups is 1. The van der Waals surface area contributed by atoms with Gasteiger partial charge in [-0.1, -0.05) is 0 Å². The number of rotatable bonds is 5. The van der Waals surface area contributed by atoms with Gasteiger partial charge < -0.3 is 15.2 Å². The fourth-order valence-electron chi connectivity index (χ4n) is 1.20. The summed E-state index contributed by atoms with van der Waals surface area (Å²) in [5.41, 5.74) is -0.370. The minimum absolute atomic E-state index is 0.0167. The molecular weight excluding hydrogens is 282 g/mol. The Morgan fingerprint density at radius 2 is 2.15 bits per heavy atom. The molecule has 1 aromatic rings. The Hall–Kier alpha value is -1.67. The molecule has 0 radical (unpaired) electrons. The highest BCUT2D eigenvalue weighted by Crippen LogP contribution is 2.17. The highest BCUT2D eigenvalue weighted by molar-refractivity contribution is 7.14. The molecule has 0 unspecified atom stereocenters. The lowest BCUT2D eigenvalue weighted by Gasteiger charge is -2.18. The van der Waals surface area contributed by atoms with Gasteiger partial charge in [-0.25, -0.2) is 9.78 Å². The normalized spacial score (nSPS) is 11.0. The third-order valence-electron chi connectivity index (χ3n) is 1.97. The third kappa shape index (κ3) is 5.98. The molecule has 0 saturated carbocycles. The van der Waals surface area contributed by atoms with Crippen LogP contribution >= 0.6 is 11.3 Å². The molecule has 1 rings (SSSR count). The molecule has 1 heterocycles. The molecule has 3 N–H and O–H groups in total. The van der Waals surface area contributed by atoms with Crippen molar-refractivity contribution in [2.45, 2.75) is 32.8 Å². The topological polar surface area (TPSA) is 101 Å². The Morgan fingerprint density at radius 3 is 2.75 bits per heavy atom. The van der Waals surface area contributed by atoms with E-state index in [1.807, 2.05) is 0 Å². The lowest BCUT2D eigenvalue weighted by Crippen LogP contribution is -2.27. The molecule has 0 bridgehead atoms. The molecule has 8 heteroatoms. The van der Waals surface area contributed by atoms with Crippen molar-refractivity contribution in [3.63, 3.8) is 0 Å². The molecule has 0 saturated heterocycles. The molecule has 1 aromatic heterocycles. The van der Waals surface area contributed by atoms with E-state index in [4.69, 9.17) is 9.84 Å². The zero-order chi connectivity index (χ0) is 15.2. The van der Waals surface area contributed by atoms with Crippen LogP contribution in [0.1, 0.15) is 37.7 Å². The lowest BCUT2D eigenvalue weighted by atomic mass is 10.2. The molecule has 0 aromatic carbocycles. The monoisotopic (exact) mass is 301 g/mol. The summed E-state index contributed by atoms with van der Waals surface area (Å²) in [5.74, 6) is -0.341. The number of aromatic nitrogens is 1. The molecule has 2 amide bonds. The maximum atomic E-state index is 11.7. The quantitative estimate of drug-likeness (QED) is 0.717. The van der Waals surface area contributed by atoms with Gasteiger partial charge in [0.2, 0.25) is 0 Å². The second-order valence-electron chi connectivity index (χ2n) is 5.00. The molecule has 0 spiro atoms. The smallest absolute Gasteiger partial charge is 0.413 e. The van der Waals surface area contributed by atoms with Crippen molar-refractivity contribution in [3.05, 3.63) is 11.1 Å². The number of thiazole rings is 1. The van der Waals surface area contributed by atoms with E-state index >= 15 is 0 Å². The van der Waals surface area contributed by atoms with E-state index in [1.54, 1.807) is 26.2 Å². The van der Waals surface area contributed by atoms with Gasteiger partial charge in [0, 0.05) is 18.5 Å². The number of anilines is 1. The van der Waals surface area contributed by atoms with Crippen LogP contribution in [0.5, 0.6) is 0 Å². The van der Waals surface area contributed by atoms with Gasteiger partial charge >= 0.3 is 6.09 Å². The van der Waals surface area contributed by atoms with Gasteiger partial charge in [0.15, 0.2) is 5.13 Å². The number of ether oxygens (including phenoxy) is 1. The minimum atomic E-state index is -0.612. The number of amides is 2. The molecule has 112 valence electrons. The number of carbonyl (C=O) groups excluding carboxylic acids is 2. The lowest BCUT2D eigenvalue weighted by molar-refractivity contribution is 0.0635. The summed E-state index contributed by atoms with van der Waals surface area (Å²) >= 11 is 1.14. The number of carbonyl (C=O) groups is 2. The summed E-state index contributed by atoms with van der Waals surface area (Å²) in [5, 5.41) is 15.5. The number of hydrogen-bond donors (Lipinski definition) is 3. The number of nitrogens with one attached hydrogen (secondary N) is 2. The van der Waals surface area contributed by atoms with Gasteiger partial charge in [-0.3, -0.25) is 10.1 Å². The van der Waals surface area contributed by atoms with E-state index < -0.39 is 11.7 Å². The molecule has 0 aliphatic heterocycles. The maximum absolute atomic E-state index is 11.7. The fraction of sp³-hybridized carbons (Fsp3) is 0.583. The van der Waals surface area contributed by atoms with Crippen LogP contribution in [0.4, 0.5) is 9.93 Å². The summed E-state index contributed by atoms with van der Waals surface area (Å²) in [6.07, 6.45) is -0.127. The van der Waals surface area contributed by atoms with Gasteiger partial charge in [-0.2, -0.15) is 0 Å². The van der Waals surface area contributed by atoms with Gasteiger partial charge in [-0.15, -0.1) is 11.3 Å². The fourth-order valence-corrected chi connectivity index (χ4v) is 1.87. The zero-order valence-electron chi connectivity index (χ0n) is 11.7. The highest BCUT2D eigenvalue weighted by atomic mass is 32.1. The highest BCUT2D eigenvalue weighted by Gasteiger charge is 2.18. The Bertz CT molecular complexity index is 468. The number of hydrogen-bond acceptors (Lipinski definition) is 6. The first-order valence-corrected chi connectivity index (χ1v) is 7.04. The van der Waals surface area contributed by atoms with E-state index in [-0.39, 0.29) is 18.2 Å². The van der Waals surface area contributed by atoms with Crippen LogP contribution in [0.3, 0.4) is 0 Å². The van der Waals surface area contributed by atoms with E-state index in [2.05, 4.69) is 15.6 Å². The largest absolute Gasteiger partial charge is 0.444 e. The Labute approximate surface area is 121 Å². The predicted molar refractivity (Wildman–Crippen MR) is 76.0 cm³/mol. The van der Waals surface area contributed by atoms with Crippen molar-refractivity contribution in [2.75, 3.05) is 18.5 Å². The molecule has 0 atom stereocenters. The number of aliphatic hydroxyl groups excluding tert-OH is 1. The Morgan fingerprint density at radius 1 is 1.45 bits per heavy atom. The van der Waals surface area contributed by atoms with Gasteiger partial charge in [-0.05, 0) is 27.2 Å².